The number of hydrogen-bond acceptors (Lipinski definition) is 8. The zero-order valence-electron chi connectivity index (χ0n) is 18.7. The molecule has 0 unspecified atom stereocenters. The van der Waals surface area contributed by atoms with Crippen LogP contribution in [0, 0.1) is 0 Å². The first-order chi connectivity index (χ1) is 15.7. The van der Waals surface area contributed by atoms with Gasteiger partial charge in [0, 0.05) is 28.9 Å². The third-order valence-corrected chi connectivity index (χ3v) is 5.19. The minimum Gasteiger partial charge on any atom is -0.493 e. The van der Waals surface area contributed by atoms with Crippen molar-refractivity contribution in [2.75, 3.05) is 32.2 Å². The van der Waals surface area contributed by atoms with E-state index in [-0.39, 0.29) is 28.3 Å². The van der Waals surface area contributed by atoms with Gasteiger partial charge in [-0.1, -0.05) is 0 Å². The molecule has 0 aliphatic carbocycles. The first-order valence-corrected chi connectivity index (χ1v) is 11.6. The minimum absolute atomic E-state index is 0.0980. The van der Waals surface area contributed by atoms with E-state index in [0.717, 1.165) is 0 Å². The van der Waals surface area contributed by atoms with Crippen molar-refractivity contribution in [2.24, 2.45) is 5.14 Å². The van der Waals surface area contributed by atoms with Gasteiger partial charge >= 0.3 is 0 Å². The zero-order valence-corrected chi connectivity index (χ0v) is 19.5. The third-order valence-electron chi connectivity index (χ3n) is 4.70. The van der Waals surface area contributed by atoms with Crippen LogP contribution in [0.25, 0.3) is 10.8 Å². The number of aromatic nitrogens is 1. The fraction of sp³-hybridized carbons (Fsp3) is 0.273. The zero-order chi connectivity index (χ0) is 24.2. The Balaban J connectivity index is 2.20. The lowest BCUT2D eigenvalue weighted by Crippen LogP contribution is -2.22. The molecule has 3 N–H and O–H groups in total. The molecule has 10 nitrogen and oxygen atoms in total. The Morgan fingerprint density at radius 3 is 2.15 bits per heavy atom. The smallest absolute Gasteiger partial charge is 0.296 e. The van der Waals surface area contributed by atoms with Crippen LogP contribution in [-0.2, 0) is 10.2 Å². The summed E-state index contributed by atoms with van der Waals surface area (Å²) in [6, 6.07) is 6.32. The van der Waals surface area contributed by atoms with E-state index >= 15 is 0 Å². The van der Waals surface area contributed by atoms with Crippen LogP contribution in [0.1, 0.15) is 29.8 Å². The Hall–Kier alpha value is -3.57. The lowest BCUT2D eigenvalue weighted by molar-refractivity contribution is 0.103. The summed E-state index contributed by atoms with van der Waals surface area (Å²) in [6.07, 6.45) is 2.84. The van der Waals surface area contributed by atoms with Gasteiger partial charge in [0.1, 0.15) is 11.4 Å². The molecule has 3 rings (SSSR count). The highest BCUT2D eigenvalue weighted by Gasteiger charge is 2.22. The van der Waals surface area contributed by atoms with E-state index in [1.165, 1.54) is 26.6 Å². The lowest BCUT2D eigenvalue weighted by atomic mass is 9.98. The molecule has 0 bridgehead atoms. The summed E-state index contributed by atoms with van der Waals surface area (Å²) in [7, 11) is -1.19. The van der Waals surface area contributed by atoms with Gasteiger partial charge < -0.3 is 18.9 Å². The number of nitrogens with two attached hydrogens (primary N) is 1. The van der Waals surface area contributed by atoms with Gasteiger partial charge in [-0.3, -0.25) is 14.5 Å². The van der Waals surface area contributed by atoms with Crippen LogP contribution >= 0.6 is 0 Å². The molecule has 1 aromatic heterocycles. The molecule has 0 saturated heterocycles. The van der Waals surface area contributed by atoms with Crippen LogP contribution in [0.3, 0.4) is 0 Å². The Morgan fingerprint density at radius 2 is 1.61 bits per heavy atom. The second kappa shape index (κ2) is 9.92. The number of anilines is 1. The summed E-state index contributed by atoms with van der Waals surface area (Å²) < 4.78 is 47.7. The molecule has 0 radical (unpaired) electrons. The van der Waals surface area contributed by atoms with Crippen LogP contribution in [0.15, 0.2) is 36.7 Å². The van der Waals surface area contributed by atoms with E-state index < -0.39 is 10.2 Å². The predicted molar refractivity (Wildman–Crippen MR) is 124 cm³/mol. The molecule has 0 aliphatic heterocycles. The first kappa shape index (κ1) is 24.1. The Kier molecular flexibility index (Phi) is 7.24. The van der Waals surface area contributed by atoms with Gasteiger partial charge in [0.05, 0.1) is 27.4 Å². The molecule has 11 heteroatoms. The highest BCUT2D eigenvalue weighted by Crippen LogP contribution is 2.40. The number of carbonyl (C=O) groups excluding carboxylic acids is 1. The number of rotatable bonds is 10. The molecule has 33 heavy (non-hydrogen) atoms. The number of fused-ring (bicyclic) bond motifs is 1. The summed E-state index contributed by atoms with van der Waals surface area (Å²) in [5.41, 5.74) is 0.610. The maximum atomic E-state index is 13.5. The normalized spacial score (nSPS) is 11.2. The molecule has 176 valence electrons. The van der Waals surface area contributed by atoms with Crippen molar-refractivity contribution in [3.05, 3.63) is 47.8 Å². The maximum Gasteiger partial charge on any atom is 0.296 e. The summed E-state index contributed by atoms with van der Waals surface area (Å²) in [4.78, 5) is 17.6. The van der Waals surface area contributed by atoms with Crippen LogP contribution in [0.2, 0.25) is 0 Å². The molecule has 0 fully saturated rings. The number of nitrogens with zero attached hydrogens (tertiary/aromatic N) is 1. The first-order valence-electron chi connectivity index (χ1n) is 10.0. The molecule has 3 aromatic rings. The molecule has 2 aromatic carbocycles. The molecule has 1 heterocycles. The average Bonchev–Trinajstić information content (AvgIpc) is 2.79. The van der Waals surface area contributed by atoms with Crippen molar-refractivity contribution >= 4 is 32.5 Å². The molecule has 0 aliphatic rings. The number of pyridine rings is 1. The summed E-state index contributed by atoms with van der Waals surface area (Å²) in [5, 5.41) is 6.00. The molecule has 0 spiro atoms. The largest absolute Gasteiger partial charge is 0.493 e. The van der Waals surface area contributed by atoms with Crippen LogP contribution in [0.4, 0.5) is 5.69 Å². The lowest BCUT2D eigenvalue weighted by Gasteiger charge is -2.16. The van der Waals surface area contributed by atoms with Crippen LogP contribution < -0.4 is 28.8 Å². The van der Waals surface area contributed by atoms with Crippen molar-refractivity contribution in [3.8, 4) is 23.0 Å². The second-order valence-corrected chi connectivity index (χ2v) is 8.07. The second-order valence-electron chi connectivity index (χ2n) is 6.77. The van der Waals surface area contributed by atoms with Gasteiger partial charge in [0.25, 0.3) is 10.2 Å². The SMILES string of the molecule is CCOc1ccc2c(C(=O)c3cc(OC)c(OCC)c(OC)c3)cncc2c1NS(N)(=O)=O. The Bertz CT molecular complexity index is 1270. The number of benzene rings is 2. The topological polar surface area (TPSA) is 139 Å². The minimum atomic E-state index is -4.11. The standard InChI is InChI=1S/C22H25N3O7S/c1-5-31-17-8-7-14-15(20(17)25-33(23,27)28)11-24-12-16(14)21(26)13-9-18(29-3)22(32-6-2)19(10-13)30-4/h7-12,25H,5-6H2,1-4H3,(H2,23,27,28). The van der Waals surface area contributed by atoms with E-state index in [4.69, 9.17) is 24.1 Å². The number of carbonyl (C=O) groups is 1. The van der Waals surface area contributed by atoms with Gasteiger partial charge in [-0.2, -0.15) is 8.42 Å². The van der Waals surface area contributed by atoms with Crippen molar-refractivity contribution in [1.82, 2.24) is 4.98 Å². The Labute approximate surface area is 191 Å². The van der Waals surface area contributed by atoms with Crippen LogP contribution in [0.5, 0.6) is 23.0 Å². The molecule has 0 saturated carbocycles. The highest BCUT2D eigenvalue weighted by atomic mass is 32.2. The van der Waals surface area contributed by atoms with Crippen molar-refractivity contribution in [1.29, 1.82) is 0 Å². The predicted octanol–water partition coefficient (Wildman–Crippen LogP) is 2.90. The fourth-order valence-corrected chi connectivity index (χ4v) is 3.88. The van der Waals surface area contributed by atoms with Gasteiger partial charge in [-0.15, -0.1) is 0 Å². The number of ether oxygens (including phenoxy) is 4. The van der Waals surface area contributed by atoms with Gasteiger partial charge in [-0.05, 0) is 43.5 Å². The summed E-state index contributed by atoms with van der Waals surface area (Å²) in [6.45, 7) is 4.26. The highest BCUT2D eigenvalue weighted by molar-refractivity contribution is 7.90. The number of hydrogen-bond donors (Lipinski definition) is 2. The number of ketones is 1. The quantitative estimate of drug-likeness (QED) is 0.427. The fourth-order valence-electron chi connectivity index (χ4n) is 3.38. The van der Waals surface area contributed by atoms with Gasteiger partial charge in [-0.25, -0.2) is 5.14 Å². The monoisotopic (exact) mass is 475 g/mol. The average molecular weight is 476 g/mol. The van der Waals surface area contributed by atoms with E-state index in [1.54, 1.807) is 31.2 Å². The van der Waals surface area contributed by atoms with Crippen molar-refractivity contribution < 1.29 is 32.2 Å². The van der Waals surface area contributed by atoms with E-state index in [2.05, 4.69) is 9.71 Å². The number of methoxy groups -OCH3 is 2. The molecular weight excluding hydrogens is 450 g/mol. The Morgan fingerprint density at radius 1 is 0.970 bits per heavy atom. The van der Waals surface area contributed by atoms with E-state index in [0.29, 0.717) is 41.2 Å². The van der Waals surface area contributed by atoms with Crippen molar-refractivity contribution in [3.63, 3.8) is 0 Å². The van der Waals surface area contributed by atoms with Gasteiger partial charge in [0.2, 0.25) is 5.75 Å². The molecule has 0 amide bonds. The number of nitrogens with one attached hydrogen (secondary N) is 1. The van der Waals surface area contributed by atoms with Crippen molar-refractivity contribution in [2.45, 2.75) is 13.8 Å². The van der Waals surface area contributed by atoms with E-state index in [9.17, 15) is 13.2 Å². The third kappa shape index (κ3) is 5.10. The summed E-state index contributed by atoms with van der Waals surface area (Å²) >= 11 is 0. The molecule has 0 atom stereocenters. The van der Waals surface area contributed by atoms with E-state index in [1.807, 2.05) is 6.92 Å². The maximum absolute atomic E-state index is 13.5. The van der Waals surface area contributed by atoms with Gasteiger partial charge in [0.15, 0.2) is 17.3 Å². The molecular formula is C22H25N3O7S. The summed E-state index contributed by atoms with van der Waals surface area (Å²) in [5.74, 6) is 0.940. The van der Waals surface area contributed by atoms with Crippen LogP contribution in [-0.4, -0.2) is 46.6 Å².